The third-order valence-electron chi connectivity index (χ3n) is 4.50. The Morgan fingerprint density at radius 2 is 1.93 bits per heavy atom. The van der Waals surface area contributed by atoms with E-state index >= 15 is 0 Å². The van der Waals surface area contributed by atoms with Crippen LogP contribution in [0.25, 0.3) is 0 Å². The first-order valence-corrected chi connectivity index (χ1v) is 9.27. The first-order chi connectivity index (χ1) is 14.7. The van der Waals surface area contributed by atoms with Crippen molar-refractivity contribution in [3.8, 4) is 11.5 Å². The van der Waals surface area contributed by atoms with Crippen LogP contribution in [-0.4, -0.2) is 45.5 Å². The molecule has 10 heteroatoms. The molecule has 1 aliphatic heterocycles. The van der Waals surface area contributed by atoms with Crippen molar-refractivity contribution in [1.82, 2.24) is 25.5 Å². The van der Waals surface area contributed by atoms with Crippen LogP contribution in [0.4, 0.5) is 0 Å². The SMILES string of the molecule is O=C(COC(=O)[C@H](Cc1ccccc1)n1cnnn1)NCc1ccc2c(c1)OCO2. The van der Waals surface area contributed by atoms with Crippen LogP contribution in [-0.2, 0) is 27.3 Å². The predicted molar refractivity (Wildman–Crippen MR) is 102 cm³/mol. The fourth-order valence-corrected chi connectivity index (χ4v) is 2.97. The number of tetrazole rings is 1. The lowest BCUT2D eigenvalue weighted by Crippen LogP contribution is -2.31. The average molecular weight is 409 g/mol. The lowest BCUT2D eigenvalue weighted by Gasteiger charge is -2.15. The second kappa shape index (κ2) is 9.03. The van der Waals surface area contributed by atoms with Crippen molar-refractivity contribution in [2.45, 2.75) is 19.0 Å². The van der Waals surface area contributed by atoms with Gasteiger partial charge in [-0.2, -0.15) is 0 Å². The Morgan fingerprint density at radius 1 is 1.10 bits per heavy atom. The third kappa shape index (κ3) is 4.72. The van der Waals surface area contributed by atoms with E-state index in [1.54, 1.807) is 12.1 Å². The number of benzene rings is 2. The van der Waals surface area contributed by atoms with Gasteiger partial charge in [0.1, 0.15) is 6.33 Å². The molecule has 0 saturated heterocycles. The van der Waals surface area contributed by atoms with Crippen LogP contribution in [0, 0.1) is 0 Å². The summed E-state index contributed by atoms with van der Waals surface area (Å²) >= 11 is 0. The minimum Gasteiger partial charge on any atom is -0.454 e. The summed E-state index contributed by atoms with van der Waals surface area (Å²) in [7, 11) is 0. The van der Waals surface area contributed by atoms with E-state index in [9.17, 15) is 9.59 Å². The molecular weight excluding hydrogens is 390 g/mol. The maximum Gasteiger partial charge on any atom is 0.331 e. The monoisotopic (exact) mass is 409 g/mol. The smallest absolute Gasteiger partial charge is 0.331 e. The zero-order valence-corrected chi connectivity index (χ0v) is 15.9. The van der Waals surface area contributed by atoms with Crippen LogP contribution >= 0.6 is 0 Å². The largest absolute Gasteiger partial charge is 0.454 e. The van der Waals surface area contributed by atoms with E-state index in [1.807, 2.05) is 36.4 Å². The van der Waals surface area contributed by atoms with E-state index in [1.165, 1.54) is 11.0 Å². The number of carbonyl (C=O) groups is 2. The molecule has 2 aromatic carbocycles. The van der Waals surface area contributed by atoms with Crippen molar-refractivity contribution < 1.29 is 23.8 Å². The Kier molecular flexibility index (Phi) is 5.83. The molecule has 1 N–H and O–H groups in total. The molecule has 0 radical (unpaired) electrons. The molecule has 1 amide bonds. The number of ether oxygens (including phenoxy) is 3. The zero-order chi connectivity index (χ0) is 20.8. The maximum absolute atomic E-state index is 12.6. The second-order valence-electron chi connectivity index (χ2n) is 6.57. The van der Waals surface area contributed by atoms with Gasteiger partial charge in [-0.1, -0.05) is 36.4 Å². The summed E-state index contributed by atoms with van der Waals surface area (Å²) in [6, 6.07) is 14.1. The highest BCUT2D eigenvalue weighted by Gasteiger charge is 2.24. The fraction of sp³-hybridized carbons (Fsp3) is 0.250. The molecule has 154 valence electrons. The minimum absolute atomic E-state index is 0.187. The summed E-state index contributed by atoms with van der Waals surface area (Å²) in [6.45, 7) is 0.0524. The van der Waals surface area contributed by atoms with Crippen molar-refractivity contribution >= 4 is 11.9 Å². The average Bonchev–Trinajstić information content (AvgIpc) is 3.46. The number of amides is 1. The summed E-state index contributed by atoms with van der Waals surface area (Å²) in [5.41, 5.74) is 1.76. The van der Waals surface area contributed by atoms with Gasteiger partial charge in [-0.15, -0.1) is 5.10 Å². The van der Waals surface area contributed by atoms with E-state index in [2.05, 4.69) is 20.8 Å². The number of fused-ring (bicyclic) bond motifs is 1. The topological polar surface area (TPSA) is 117 Å². The van der Waals surface area contributed by atoms with Crippen LogP contribution in [0.15, 0.2) is 54.9 Å². The van der Waals surface area contributed by atoms with Gasteiger partial charge >= 0.3 is 5.97 Å². The number of aromatic nitrogens is 4. The van der Waals surface area contributed by atoms with Gasteiger partial charge < -0.3 is 19.5 Å². The molecule has 1 aliphatic rings. The lowest BCUT2D eigenvalue weighted by molar-refractivity contribution is -0.152. The quantitative estimate of drug-likeness (QED) is 0.549. The molecule has 30 heavy (non-hydrogen) atoms. The molecule has 0 aliphatic carbocycles. The Bertz CT molecular complexity index is 1010. The summed E-state index contributed by atoms with van der Waals surface area (Å²) < 4.78 is 17.1. The number of nitrogens with zero attached hydrogens (tertiary/aromatic N) is 4. The van der Waals surface area contributed by atoms with Gasteiger partial charge in [0.15, 0.2) is 24.1 Å². The van der Waals surface area contributed by atoms with Crippen LogP contribution in [0.2, 0.25) is 0 Å². The van der Waals surface area contributed by atoms with Crippen molar-refractivity contribution in [1.29, 1.82) is 0 Å². The first kappa shape index (κ1) is 19.4. The van der Waals surface area contributed by atoms with E-state index < -0.39 is 24.5 Å². The van der Waals surface area contributed by atoms with Crippen LogP contribution < -0.4 is 14.8 Å². The molecular formula is C20H19N5O5. The molecule has 0 unspecified atom stereocenters. The molecule has 1 aromatic heterocycles. The highest BCUT2D eigenvalue weighted by atomic mass is 16.7. The molecule has 0 spiro atoms. The standard InChI is InChI=1S/C20H19N5O5/c26-19(21-10-15-6-7-17-18(9-15)30-13-29-17)11-28-20(27)16(25-12-22-23-24-25)8-14-4-2-1-3-5-14/h1-7,9,12,16H,8,10-11,13H2,(H,21,26)/t16-/m0/s1. The van der Waals surface area contributed by atoms with Crippen molar-refractivity contribution in [2.75, 3.05) is 13.4 Å². The number of nitrogens with one attached hydrogen (secondary N) is 1. The van der Waals surface area contributed by atoms with Crippen LogP contribution in [0.3, 0.4) is 0 Å². The summed E-state index contributed by atoms with van der Waals surface area (Å²) in [4.78, 5) is 24.7. The molecule has 10 nitrogen and oxygen atoms in total. The first-order valence-electron chi connectivity index (χ1n) is 9.27. The number of carbonyl (C=O) groups excluding carboxylic acids is 2. The Hall–Kier alpha value is -3.95. The summed E-state index contributed by atoms with van der Waals surface area (Å²) in [6.07, 6.45) is 1.68. The Labute approximate surface area is 171 Å². The number of hydrogen-bond acceptors (Lipinski definition) is 8. The fourth-order valence-electron chi connectivity index (χ4n) is 2.97. The van der Waals surface area contributed by atoms with Gasteiger partial charge in [-0.05, 0) is 33.7 Å². The van der Waals surface area contributed by atoms with E-state index in [0.717, 1.165) is 11.1 Å². The normalized spacial score (nSPS) is 12.9. The van der Waals surface area contributed by atoms with E-state index in [0.29, 0.717) is 17.9 Å². The third-order valence-corrected chi connectivity index (χ3v) is 4.50. The van der Waals surface area contributed by atoms with E-state index in [-0.39, 0.29) is 13.3 Å². The van der Waals surface area contributed by atoms with Crippen LogP contribution in [0.1, 0.15) is 17.2 Å². The number of hydrogen-bond donors (Lipinski definition) is 1. The Morgan fingerprint density at radius 3 is 2.73 bits per heavy atom. The Balaban J connectivity index is 1.31. The molecule has 2 heterocycles. The predicted octanol–water partition coefficient (Wildman–Crippen LogP) is 1.05. The molecule has 0 fully saturated rings. The van der Waals surface area contributed by atoms with Gasteiger partial charge in [-0.25, -0.2) is 9.48 Å². The maximum atomic E-state index is 12.6. The lowest BCUT2D eigenvalue weighted by atomic mass is 10.1. The van der Waals surface area contributed by atoms with Gasteiger partial charge in [-0.3, -0.25) is 4.79 Å². The van der Waals surface area contributed by atoms with Gasteiger partial charge in [0.2, 0.25) is 6.79 Å². The molecule has 1 atom stereocenters. The minimum atomic E-state index is -0.774. The van der Waals surface area contributed by atoms with E-state index in [4.69, 9.17) is 14.2 Å². The second-order valence-corrected chi connectivity index (χ2v) is 6.57. The van der Waals surface area contributed by atoms with Gasteiger partial charge in [0.25, 0.3) is 5.91 Å². The molecule has 0 saturated carbocycles. The van der Waals surface area contributed by atoms with Crippen molar-refractivity contribution in [2.24, 2.45) is 0 Å². The van der Waals surface area contributed by atoms with Gasteiger partial charge in [0, 0.05) is 13.0 Å². The van der Waals surface area contributed by atoms with Crippen LogP contribution in [0.5, 0.6) is 11.5 Å². The zero-order valence-electron chi connectivity index (χ0n) is 15.9. The van der Waals surface area contributed by atoms with Crippen molar-refractivity contribution in [3.63, 3.8) is 0 Å². The summed E-state index contributed by atoms with van der Waals surface area (Å²) in [5, 5.41) is 13.7. The highest BCUT2D eigenvalue weighted by Crippen LogP contribution is 2.32. The number of rotatable bonds is 8. The molecule has 0 bridgehead atoms. The van der Waals surface area contributed by atoms with Crippen molar-refractivity contribution in [3.05, 3.63) is 66.0 Å². The molecule has 4 rings (SSSR count). The number of esters is 1. The van der Waals surface area contributed by atoms with Gasteiger partial charge in [0.05, 0.1) is 0 Å². The highest BCUT2D eigenvalue weighted by molar-refractivity contribution is 5.81. The molecule has 3 aromatic rings. The summed E-state index contributed by atoms with van der Waals surface area (Å²) in [5.74, 6) is 0.296.